The summed E-state index contributed by atoms with van der Waals surface area (Å²) in [6, 6.07) is 9.45. The van der Waals surface area contributed by atoms with Crippen molar-refractivity contribution >= 4 is 11.8 Å². The summed E-state index contributed by atoms with van der Waals surface area (Å²) in [5.41, 5.74) is 1.15. The van der Waals surface area contributed by atoms with E-state index in [9.17, 15) is 9.59 Å². The number of nitrogens with zero attached hydrogens (tertiary/aromatic N) is 2. The Labute approximate surface area is 183 Å². The van der Waals surface area contributed by atoms with E-state index in [4.69, 9.17) is 0 Å². The van der Waals surface area contributed by atoms with Crippen LogP contribution in [0.3, 0.4) is 0 Å². The van der Waals surface area contributed by atoms with Gasteiger partial charge in [-0.15, -0.1) is 0 Å². The molecule has 6 heteroatoms. The number of rotatable bonds is 7. The fourth-order valence-corrected chi connectivity index (χ4v) is 6.90. The third-order valence-corrected chi connectivity index (χ3v) is 7.70. The zero-order chi connectivity index (χ0) is 21.4. The number of carbonyl (C=O) groups excluding carboxylic acids is 2. The molecule has 0 unspecified atom stereocenters. The average Bonchev–Trinajstić information content (AvgIpc) is 3.15. The molecule has 0 saturated heterocycles. The highest BCUT2D eigenvalue weighted by molar-refractivity contribution is 5.85. The van der Waals surface area contributed by atoms with Crippen LogP contribution in [-0.4, -0.2) is 27.9 Å². The van der Waals surface area contributed by atoms with E-state index in [1.165, 1.54) is 38.5 Å². The van der Waals surface area contributed by atoms with Gasteiger partial charge in [0.05, 0.1) is 6.54 Å². The first-order valence-electron chi connectivity index (χ1n) is 11.6. The second-order valence-electron chi connectivity index (χ2n) is 10.2. The van der Waals surface area contributed by atoms with Crippen LogP contribution < -0.4 is 10.6 Å². The Hall–Kier alpha value is -2.63. The fourth-order valence-electron chi connectivity index (χ4n) is 6.90. The molecule has 0 aliphatic heterocycles. The van der Waals surface area contributed by atoms with Gasteiger partial charge >= 0.3 is 0 Å². The van der Waals surface area contributed by atoms with Gasteiger partial charge in [0, 0.05) is 25.9 Å². The quantitative estimate of drug-likeness (QED) is 0.721. The zero-order valence-corrected chi connectivity index (χ0v) is 18.2. The number of nitrogens with one attached hydrogen (secondary N) is 2. The Morgan fingerprint density at radius 2 is 1.71 bits per heavy atom. The number of aromatic nitrogens is 2. The number of hydrogen-bond acceptors (Lipinski definition) is 3. The summed E-state index contributed by atoms with van der Waals surface area (Å²) in [5.74, 6) is 3.06. The SMILES string of the molecule is Cn1ccnc1[C@@H](NC(=O)CNC(=O)CC12CC3CC(CC(C3)C1)C2)c1ccccc1. The van der Waals surface area contributed by atoms with Crippen molar-refractivity contribution in [3.63, 3.8) is 0 Å². The average molecular weight is 421 g/mol. The van der Waals surface area contributed by atoms with Crippen molar-refractivity contribution in [3.05, 3.63) is 54.1 Å². The van der Waals surface area contributed by atoms with E-state index in [0.29, 0.717) is 6.42 Å². The standard InChI is InChI=1S/C25H32N4O2/c1-29-8-7-26-24(29)23(20-5-3-2-4-6-20)28-22(31)16-27-21(30)15-25-12-17-9-18(13-25)11-19(10-17)14-25/h2-8,17-19,23H,9-16H2,1H3,(H,27,30)(H,28,31)/t17?,18?,19?,23-,25?/m0/s1. The maximum absolute atomic E-state index is 12.8. The number of amides is 2. The van der Waals surface area contributed by atoms with Crippen LogP contribution in [0.25, 0.3) is 0 Å². The predicted molar refractivity (Wildman–Crippen MR) is 118 cm³/mol. The van der Waals surface area contributed by atoms with Gasteiger partial charge in [-0.1, -0.05) is 30.3 Å². The molecule has 2 N–H and O–H groups in total. The van der Waals surface area contributed by atoms with Crippen molar-refractivity contribution in [1.29, 1.82) is 0 Å². The van der Waals surface area contributed by atoms with Crippen molar-refractivity contribution in [2.45, 2.75) is 51.0 Å². The number of imidazole rings is 1. The van der Waals surface area contributed by atoms with E-state index in [-0.39, 0.29) is 29.8 Å². The van der Waals surface area contributed by atoms with Crippen molar-refractivity contribution in [2.24, 2.45) is 30.2 Å². The Morgan fingerprint density at radius 1 is 1.06 bits per heavy atom. The van der Waals surface area contributed by atoms with Crippen molar-refractivity contribution < 1.29 is 9.59 Å². The van der Waals surface area contributed by atoms with Crippen LogP contribution in [0.4, 0.5) is 0 Å². The molecule has 6 rings (SSSR count). The van der Waals surface area contributed by atoms with Crippen LogP contribution in [0.1, 0.15) is 62.4 Å². The molecular weight excluding hydrogens is 388 g/mol. The first kappa shape index (κ1) is 20.3. The minimum Gasteiger partial charge on any atom is -0.347 e. The first-order valence-corrected chi connectivity index (χ1v) is 11.6. The van der Waals surface area contributed by atoms with E-state index < -0.39 is 0 Å². The summed E-state index contributed by atoms with van der Waals surface area (Å²) in [7, 11) is 1.91. The van der Waals surface area contributed by atoms with Gasteiger partial charge in [0.25, 0.3) is 0 Å². The van der Waals surface area contributed by atoms with Crippen LogP contribution in [0.2, 0.25) is 0 Å². The van der Waals surface area contributed by atoms with Gasteiger partial charge in [-0.25, -0.2) is 4.98 Å². The molecule has 164 valence electrons. The molecule has 2 aromatic rings. The molecule has 2 amide bonds. The van der Waals surface area contributed by atoms with Gasteiger partial charge in [0.15, 0.2) is 0 Å². The third kappa shape index (κ3) is 4.25. The van der Waals surface area contributed by atoms with Gasteiger partial charge in [-0.2, -0.15) is 0 Å². The van der Waals surface area contributed by atoms with Crippen LogP contribution in [0.15, 0.2) is 42.7 Å². The molecule has 4 aliphatic carbocycles. The molecule has 1 heterocycles. The molecule has 4 aliphatic rings. The molecule has 1 aromatic carbocycles. The lowest BCUT2D eigenvalue weighted by molar-refractivity contribution is -0.132. The largest absolute Gasteiger partial charge is 0.347 e. The van der Waals surface area contributed by atoms with Crippen LogP contribution in [0, 0.1) is 23.2 Å². The minimum absolute atomic E-state index is 0.00104. The Balaban J connectivity index is 1.19. The summed E-state index contributed by atoms with van der Waals surface area (Å²) in [4.78, 5) is 29.9. The molecule has 4 saturated carbocycles. The Bertz CT molecular complexity index is 916. The third-order valence-electron chi connectivity index (χ3n) is 7.70. The molecule has 4 bridgehead atoms. The lowest BCUT2D eigenvalue weighted by atomic mass is 9.49. The number of carbonyl (C=O) groups is 2. The van der Waals surface area contributed by atoms with Crippen LogP contribution >= 0.6 is 0 Å². The van der Waals surface area contributed by atoms with E-state index in [0.717, 1.165) is 29.1 Å². The van der Waals surface area contributed by atoms with Crippen molar-refractivity contribution in [3.8, 4) is 0 Å². The first-order chi connectivity index (χ1) is 15.0. The fraction of sp³-hybridized carbons (Fsp3) is 0.560. The van der Waals surface area contributed by atoms with E-state index in [2.05, 4.69) is 15.6 Å². The summed E-state index contributed by atoms with van der Waals surface area (Å²) in [6.45, 7) is -0.00104. The maximum atomic E-state index is 12.8. The van der Waals surface area contributed by atoms with Gasteiger partial charge in [0.1, 0.15) is 11.9 Å². The predicted octanol–water partition coefficient (Wildman–Crippen LogP) is 3.35. The van der Waals surface area contributed by atoms with E-state index in [1.807, 2.05) is 48.1 Å². The highest BCUT2D eigenvalue weighted by atomic mass is 16.2. The van der Waals surface area contributed by atoms with Gasteiger partial charge in [-0.3, -0.25) is 9.59 Å². The topological polar surface area (TPSA) is 76.0 Å². The molecule has 6 nitrogen and oxygen atoms in total. The van der Waals surface area contributed by atoms with Crippen LogP contribution in [0.5, 0.6) is 0 Å². The molecule has 1 aromatic heterocycles. The molecule has 31 heavy (non-hydrogen) atoms. The smallest absolute Gasteiger partial charge is 0.240 e. The van der Waals surface area contributed by atoms with Crippen LogP contribution in [-0.2, 0) is 16.6 Å². The summed E-state index contributed by atoms with van der Waals surface area (Å²) in [5, 5.41) is 5.95. The minimum atomic E-state index is -0.353. The number of hydrogen-bond donors (Lipinski definition) is 2. The Morgan fingerprint density at radius 3 is 2.29 bits per heavy atom. The molecular formula is C25H32N4O2. The molecule has 1 atom stereocenters. The van der Waals surface area contributed by atoms with E-state index >= 15 is 0 Å². The summed E-state index contributed by atoms with van der Waals surface area (Å²) < 4.78 is 1.91. The lowest BCUT2D eigenvalue weighted by Gasteiger charge is -2.56. The highest BCUT2D eigenvalue weighted by Gasteiger charge is 2.51. The molecule has 0 radical (unpaired) electrons. The molecule has 0 spiro atoms. The van der Waals surface area contributed by atoms with Crippen molar-refractivity contribution in [2.75, 3.05) is 6.54 Å². The normalized spacial score (nSPS) is 29.5. The maximum Gasteiger partial charge on any atom is 0.240 e. The lowest BCUT2D eigenvalue weighted by Crippen LogP contribution is -2.48. The zero-order valence-electron chi connectivity index (χ0n) is 18.2. The monoisotopic (exact) mass is 420 g/mol. The summed E-state index contributed by atoms with van der Waals surface area (Å²) in [6.07, 6.45) is 11.9. The Kier molecular flexibility index (Phi) is 5.32. The van der Waals surface area contributed by atoms with Gasteiger partial charge in [-0.05, 0) is 67.3 Å². The van der Waals surface area contributed by atoms with Gasteiger partial charge < -0.3 is 15.2 Å². The summed E-state index contributed by atoms with van der Waals surface area (Å²) >= 11 is 0. The highest BCUT2D eigenvalue weighted by Crippen LogP contribution is 2.61. The second-order valence-corrected chi connectivity index (χ2v) is 10.2. The number of aryl methyl sites for hydroxylation is 1. The second kappa shape index (κ2) is 8.13. The van der Waals surface area contributed by atoms with Gasteiger partial charge in [0.2, 0.25) is 11.8 Å². The van der Waals surface area contributed by atoms with E-state index in [1.54, 1.807) is 6.20 Å². The number of benzene rings is 1. The molecule has 4 fully saturated rings. The van der Waals surface area contributed by atoms with Crippen molar-refractivity contribution in [1.82, 2.24) is 20.2 Å².